The van der Waals surface area contributed by atoms with Crippen LogP contribution >= 0.6 is 0 Å². The highest BCUT2D eigenvalue weighted by molar-refractivity contribution is 7.92. The summed E-state index contributed by atoms with van der Waals surface area (Å²) in [5.41, 5.74) is 0.443. The summed E-state index contributed by atoms with van der Waals surface area (Å²) in [6.45, 7) is 6.50. The lowest BCUT2D eigenvalue weighted by Crippen LogP contribution is -2.49. The second-order valence-corrected chi connectivity index (χ2v) is 8.64. The zero-order valence-electron chi connectivity index (χ0n) is 16.9. The van der Waals surface area contributed by atoms with Crippen LogP contribution in [0.1, 0.15) is 19.8 Å². The van der Waals surface area contributed by atoms with Crippen molar-refractivity contribution in [2.75, 3.05) is 57.1 Å². The Morgan fingerprint density at radius 2 is 1.93 bits per heavy atom. The zero-order chi connectivity index (χ0) is 20.6. The van der Waals surface area contributed by atoms with Crippen LogP contribution in [0.25, 0.3) is 0 Å². The van der Waals surface area contributed by atoms with Gasteiger partial charge in [-0.2, -0.15) is 0 Å². The quantitative estimate of drug-likeness (QED) is 0.578. The summed E-state index contributed by atoms with van der Waals surface area (Å²) < 4.78 is 36.5. The minimum Gasteiger partial charge on any atom is -0.497 e. The topological polar surface area (TPSA) is 88.2 Å². The highest BCUT2D eigenvalue weighted by Crippen LogP contribution is 2.25. The summed E-state index contributed by atoms with van der Waals surface area (Å²) in [6.07, 6.45) is 2.30. The number of anilines is 1. The molecule has 0 radical (unpaired) electrons. The summed E-state index contributed by atoms with van der Waals surface area (Å²) in [5, 5.41) is 2.89. The average molecular weight is 414 g/mol. The first-order chi connectivity index (χ1) is 13.4. The fourth-order valence-corrected chi connectivity index (χ4v) is 4.46. The molecule has 1 aromatic rings. The molecule has 1 saturated heterocycles. The van der Waals surface area contributed by atoms with Crippen LogP contribution in [0.15, 0.2) is 24.3 Å². The molecule has 0 aromatic heterocycles. The second-order valence-electron chi connectivity index (χ2n) is 6.78. The van der Waals surface area contributed by atoms with Crippen molar-refractivity contribution >= 4 is 21.6 Å². The van der Waals surface area contributed by atoms with Crippen LogP contribution in [0.4, 0.5) is 5.69 Å². The van der Waals surface area contributed by atoms with E-state index in [4.69, 9.17) is 9.47 Å². The molecule has 1 amide bonds. The fourth-order valence-electron chi connectivity index (χ4n) is 3.25. The highest BCUT2D eigenvalue weighted by atomic mass is 32.2. The van der Waals surface area contributed by atoms with E-state index in [2.05, 4.69) is 10.2 Å². The van der Waals surface area contributed by atoms with Gasteiger partial charge < -0.3 is 14.8 Å². The lowest BCUT2D eigenvalue weighted by molar-refractivity contribution is -0.122. The van der Waals surface area contributed by atoms with Crippen LogP contribution in [0, 0.1) is 0 Å². The van der Waals surface area contributed by atoms with E-state index in [0.717, 1.165) is 45.5 Å². The van der Waals surface area contributed by atoms with Gasteiger partial charge in [0.1, 0.15) is 11.8 Å². The van der Waals surface area contributed by atoms with Gasteiger partial charge in [-0.3, -0.25) is 14.0 Å². The molecule has 0 unspecified atom stereocenters. The number of carbonyl (C=O) groups excluding carboxylic acids is 1. The summed E-state index contributed by atoms with van der Waals surface area (Å²) in [6, 6.07) is 5.86. The van der Waals surface area contributed by atoms with Crippen molar-refractivity contribution in [2.45, 2.75) is 25.8 Å². The third-order valence-electron chi connectivity index (χ3n) is 4.71. The standard InChI is InChI=1S/C19H31N3O5S/c1-4-18(19(23)20-10-5-11-21-12-14-27-15-13-21)22(28(3,24)25)16-6-8-17(26-2)9-7-16/h6-9,18H,4-5,10-15H2,1-3H3,(H,20,23)/t18-/m0/s1. The lowest BCUT2D eigenvalue weighted by atomic mass is 10.2. The van der Waals surface area contributed by atoms with Crippen molar-refractivity contribution in [1.82, 2.24) is 10.2 Å². The van der Waals surface area contributed by atoms with E-state index in [0.29, 0.717) is 24.4 Å². The Kier molecular flexibility index (Phi) is 8.53. The van der Waals surface area contributed by atoms with Gasteiger partial charge in [0.2, 0.25) is 15.9 Å². The maximum atomic E-state index is 12.7. The molecular weight excluding hydrogens is 382 g/mol. The molecule has 1 aromatic carbocycles. The largest absolute Gasteiger partial charge is 0.497 e. The van der Waals surface area contributed by atoms with E-state index in [1.54, 1.807) is 38.3 Å². The van der Waals surface area contributed by atoms with Gasteiger partial charge in [0.25, 0.3) is 0 Å². The van der Waals surface area contributed by atoms with Crippen molar-refractivity contribution in [3.05, 3.63) is 24.3 Å². The summed E-state index contributed by atoms with van der Waals surface area (Å²) in [7, 11) is -2.09. The minimum atomic E-state index is -3.63. The Hall–Kier alpha value is -1.84. The molecule has 0 saturated carbocycles. The average Bonchev–Trinajstić information content (AvgIpc) is 2.69. The van der Waals surface area contributed by atoms with Crippen LogP contribution in [0.2, 0.25) is 0 Å². The molecule has 28 heavy (non-hydrogen) atoms. The van der Waals surface area contributed by atoms with Gasteiger partial charge in [-0.05, 0) is 43.7 Å². The first kappa shape index (κ1) is 22.4. The molecule has 1 N–H and O–H groups in total. The van der Waals surface area contributed by atoms with E-state index in [1.165, 1.54) is 4.31 Å². The molecule has 9 heteroatoms. The summed E-state index contributed by atoms with van der Waals surface area (Å²) in [5.74, 6) is 0.337. The SMILES string of the molecule is CC[C@@H](C(=O)NCCCN1CCOCC1)N(c1ccc(OC)cc1)S(C)(=O)=O. The van der Waals surface area contributed by atoms with Crippen molar-refractivity contribution in [3.8, 4) is 5.75 Å². The number of nitrogens with zero attached hydrogens (tertiary/aromatic N) is 2. The van der Waals surface area contributed by atoms with Gasteiger partial charge in [-0.1, -0.05) is 6.92 Å². The predicted octanol–water partition coefficient (Wildman–Crippen LogP) is 1.08. The molecule has 158 valence electrons. The first-order valence-corrected chi connectivity index (χ1v) is 11.4. The molecule has 1 atom stereocenters. The number of nitrogens with one attached hydrogen (secondary N) is 1. The van der Waals surface area contributed by atoms with Gasteiger partial charge >= 0.3 is 0 Å². The third-order valence-corrected chi connectivity index (χ3v) is 5.89. The number of sulfonamides is 1. The van der Waals surface area contributed by atoms with E-state index in [-0.39, 0.29) is 5.91 Å². The number of hydrogen-bond acceptors (Lipinski definition) is 6. The molecule has 1 aliphatic rings. The molecule has 1 heterocycles. The summed E-state index contributed by atoms with van der Waals surface area (Å²) in [4.78, 5) is 15.0. The number of hydrogen-bond donors (Lipinski definition) is 1. The number of morpholine rings is 1. The normalized spacial score (nSPS) is 16.4. The smallest absolute Gasteiger partial charge is 0.243 e. The Labute approximate surface area is 167 Å². The Bertz CT molecular complexity index is 718. The minimum absolute atomic E-state index is 0.286. The van der Waals surface area contributed by atoms with Crippen LogP contribution in [-0.4, -0.2) is 78.0 Å². The number of benzene rings is 1. The molecule has 0 aliphatic carbocycles. The highest BCUT2D eigenvalue weighted by Gasteiger charge is 2.31. The maximum absolute atomic E-state index is 12.7. The number of amides is 1. The molecular formula is C19H31N3O5S. The lowest BCUT2D eigenvalue weighted by Gasteiger charge is -2.30. The van der Waals surface area contributed by atoms with Crippen molar-refractivity contribution in [1.29, 1.82) is 0 Å². The van der Waals surface area contributed by atoms with Gasteiger partial charge in [0.05, 0.1) is 32.3 Å². The fraction of sp³-hybridized carbons (Fsp3) is 0.632. The number of rotatable bonds is 10. The van der Waals surface area contributed by atoms with E-state index < -0.39 is 16.1 Å². The third kappa shape index (κ3) is 6.35. The van der Waals surface area contributed by atoms with Gasteiger partial charge in [-0.25, -0.2) is 8.42 Å². The first-order valence-electron chi connectivity index (χ1n) is 9.58. The van der Waals surface area contributed by atoms with E-state index in [9.17, 15) is 13.2 Å². The van der Waals surface area contributed by atoms with Gasteiger partial charge in [0, 0.05) is 19.6 Å². The van der Waals surface area contributed by atoms with E-state index >= 15 is 0 Å². The van der Waals surface area contributed by atoms with E-state index in [1.807, 2.05) is 0 Å². The van der Waals surface area contributed by atoms with Crippen LogP contribution in [-0.2, 0) is 19.6 Å². The van der Waals surface area contributed by atoms with Crippen molar-refractivity contribution < 1.29 is 22.7 Å². The number of carbonyl (C=O) groups is 1. The molecule has 0 spiro atoms. The Morgan fingerprint density at radius 1 is 1.29 bits per heavy atom. The number of methoxy groups -OCH3 is 1. The summed E-state index contributed by atoms with van der Waals surface area (Å²) >= 11 is 0. The van der Waals surface area contributed by atoms with Gasteiger partial charge in [0.15, 0.2) is 0 Å². The Balaban J connectivity index is 2.00. The van der Waals surface area contributed by atoms with Crippen LogP contribution in [0.5, 0.6) is 5.75 Å². The molecule has 2 rings (SSSR count). The van der Waals surface area contributed by atoms with Crippen molar-refractivity contribution in [3.63, 3.8) is 0 Å². The van der Waals surface area contributed by atoms with Crippen LogP contribution in [0.3, 0.4) is 0 Å². The van der Waals surface area contributed by atoms with Crippen molar-refractivity contribution in [2.24, 2.45) is 0 Å². The van der Waals surface area contributed by atoms with Crippen LogP contribution < -0.4 is 14.4 Å². The maximum Gasteiger partial charge on any atom is 0.243 e. The monoisotopic (exact) mass is 413 g/mol. The molecule has 0 bridgehead atoms. The Morgan fingerprint density at radius 3 is 2.46 bits per heavy atom. The molecule has 1 fully saturated rings. The molecule has 1 aliphatic heterocycles. The molecule has 8 nitrogen and oxygen atoms in total. The number of ether oxygens (including phenoxy) is 2. The second kappa shape index (κ2) is 10.6. The zero-order valence-corrected chi connectivity index (χ0v) is 17.7. The van der Waals surface area contributed by atoms with Gasteiger partial charge in [-0.15, -0.1) is 0 Å². The predicted molar refractivity (Wildman–Crippen MR) is 109 cm³/mol.